The van der Waals surface area contributed by atoms with E-state index in [4.69, 9.17) is 11.6 Å². The second-order valence-electron chi connectivity index (χ2n) is 5.45. The van der Waals surface area contributed by atoms with Crippen LogP contribution in [0.5, 0.6) is 0 Å². The standard InChI is InChI=1S/C16H20ClN3O3/c1-3-14(21)19-13-7-6-11(9-12(13)17)18-16(23)10(2)20-8-4-5-15(20)22/h6-7,9-10H,3-5,8H2,1-2H3,(H,18,23)(H,19,21). The van der Waals surface area contributed by atoms with Crippen LogP contribution < -0.4 is 10.6 Å². The molecule has 1 atom stereocenters. The molecule has 1 saturated heterocycles. The molecule has 1 heterocycles. The third-order valence-corrected chi connectivity index (χ3v) is 4.10. The van der Waals surface area contributed by atoms with E-state index in [2.05, 4.69) is 10.6 Å². The van der Waals surface area contributed by atoms with Crippen LogP contribution in [0.4, 0.5) is 11.4 Å². The number of benzene rings is 1. The van der Waals surface area contributed by atoms with E-state index in [1.165, 1.54) is 0 Å². The molecule has 1 aliphatic heterocycles. The van der Waals surface area contributed by atoms with Gasteiger partial charge in [0.2, 0.25) is 17.7 Å². The van der Waals surface area contributed by atoms with Crippen LogP contribution in [0.3, 0.4) is 0 Å². The van der Waals surface area contributed by atoms with Gasteiger partial charge in [-0.2, -0.15) is 0 Å². The van der Waals surface area contributed by atoms with E-state index in [0.29, 0.717) is 35.8 Å². The molecule has 3 amide bonds. The summed E-state index contributed by atoms with van der Waals surface area (Å²) >= 11 is 6.11. The minimum Gasteiger partial charge on any atom is -0.331 e. The Bertz CT molecular complexity index is 633. The first-order chi connectivity index (χ1) is 10.9. The predicted octanol–water partition coefficient (Wildman–Crippen LogP) is 2.64. The van der Waals surface area contributed by atoms with E-state index in [1.807, 2.05) is 0 Å². The fourth-order valence-electron chi connectivity index (χ4n) is 2.40. The largest absolute Gasteiger partial charge is 0.331 e. The number of rotatable bonds is 5. The van der Waals surface area contributed by atoms with Crippen molar-refractivity contribution < 1.29 is 14.4 Å². The van der Waals surface area contributed by atoms with Crippen molar-refractivity contribution in [2.24, 2.45) is 0 Å². The van der Waals surface area contributed by atoms with Gasteiger partial charge in [-0.15, -0.1) is 0 Å². The zero-order valence-electron chi connectivity index (χ0n) is 13.2. The first-order valence-electron chi connectivity index (χ1n) is 7.62. The van der Waals surface area contributed by atoms with Crippen molar-refractivity contribution in [2.45, 2.75) is 39.2 Å². The summed E-state index contributed by atoms with van der Waals surface area (Å²) in [5.41, 5.74) is 1.02. The van der Waals surface area contributed by atoms with Gasteiger partial charge < -0.3 is 15.5 Å². The smallest absolute Gasteiger partial charge is 0.246 e. The molecule has 23 heavy (non-hydrogen) atoms. The molecule has 0 bridgehead atoms. The van der Waals surface area contributed by atoms with Crippen molar-refractivity contribution in [1.29, 1.82) is 0 Å². The molecular formula is C16H20ClN3O3. The van der Waals surface area contributed by atoms with Gasteiger partial charge in [-0.05, 0) is 31.5 Å². The summed E-state index contributed by atoms with van der Waals surface area (Å²) in [6, 6.07) is 4.34. The molecule has 1 aliphatic rings. The third-order valence-electron chi connectivity index (χ3n) is 3.79. The zero-order chi connectivity index (χ0) is 17.0. The lowest BCUT2D eigenvalue weighted by atomic mass is 10.2. The van der Waals surface area contributed by atoms with Crippen LogP contribution >= 0.6 is 11.6 Å². The fraction of sp³-hybridized carbons (Fsp3) is 0.438. The summed E-state index contributed by atoms with van der Waals surface area (Å²) in [4.78, 5) is 36.9. The average molecular weight is 338 g/mol. The summed E-state index contributed by atoms with van der Waals surface area (Å²) in [7, 11) is 0. The maximum absolute atomic E-state index is 12.2. The second kappa shape index (κ2) is 7.46. The highest BCUT2D eigenvalue weighted by Crippen LogP contribution is 2.26. The lowest BCUT2D eigenvalue weighted by molar-refractivity contribution is -0.134. The molecule has 0 radical (unpaired) electrons. The van der Waals surface area contributed by atoms with Gasteiger partial charge in [-0.1, -0.05) is 18.5 Å². The number of nitrogens with zero attached hydrogens (tertiary/aromatic N) is 1. The predicted molar refractivity (Wildman–Crippen MR) is 89.4 cm³/mol. The molecule has 124 valence electrons. The van der Waals surface area contributed by atoms with E-state index in [-0.39, 0.29) is 17.7 Å². The first kappa shape index (κ1) is 17.3. The Kier molecular flexibility index (Phi) is 5.60. The summed E-state index contributed by atoms with van der Waals surface area (Å²) in [6.45, 7) is 4.06. The summed E-state index contributed by atoms with van der Waals surface area (Å²) in [6.07, 6.45) is 1.64. The van der Waals surface area contributed by atoms with E-state index in [1.54, 1.807) is 36.9 Å². The Morgan fingerprint density at radius 2 is 2.09 bits per heavy atom. The van der Waals surface area contributed by atoms with Crippen molar-refractivity contribution in [2.75, 3.05) is 17.2 Å². The van der Waals surface area contributed by atoms with Crippen molar-refractivity contribution in [3.63, 3.8) is 0 Å². The van der Waals surface area contributed by atoms with Gasteiger partial charge in [0.15, 0.2) is 0 Å². The number of carbonyl (C=O) groups excluding carboxylic acids is 3. The molecule has 0 saturated carbocycles. The maximum Gasteiger partial charge on any atom is 0.246 e. The third kappa shape index (κ3) is 4.22. The summed E-state index contributed by atoms with van der Waals surface area (Å²) in [5.74, 6) is -0.394. The van der Waals surface area contributed by atoms with Gasteiger partial charge >= 0.3 is 0 Å². The number of amides is 3. The van der Waals surface area contributed by atoms with Gasteiger partial charge in [-0.3, -0.25) is 14.4 Å². The van der Waals surface area contributed by atoms with E-state index in [0.717, 1.165) is 6.42 Å². The van der Waals surface area contributed by atoms with Crippen LogP contribution in [0, 0.1) is 0 Å². The van der Waals surface area contributed by atoms with Crippen molar-refractivity contribution >= 4 is 40.7 Å². The Hall–Kier alpha value is -2.08. The van der Waals surface area contributed by atoms with Crippen LogP contribution in [0.2, 0.25) is 5.02 Å². The summed E-state index contributed by atoms with van der Waals surface area (Å²) < 4.78 is 0. The minimum absolute atomic E-state index is 0.00306. The van der Waals surface area contributed by atoms with Gasteiger partial charge in [0.1, 0.15) is 6.04 Å². The van der Waals surface area contributed by atoms with Crippen LogP contribution in [-0.4, -0.2) is 35.2 Å². The molecule has 6 nitrogen and oxygen atoms in total. The lowest BCUT2D eigenvalue weighted by Crippen LogP contribution is -2.42. The zero-order valence-corrected chi connectivity index (χ0v) is 13.9. The van der Waals surface area contributed by atoms with Crippen molar-refractivity contribution in [3.05, 3.63) is 23.2 Å². The highest BCUT2D eigenvalue weighted by atomic mass is 35.5. The molecule has 2 rings (SSSR count). The monoisotopic (exact) mass is 337 g/mol. The number of anilines is 2. The Balaban J connectivity index is 2.02. The highest BCUT2D eigenvalue weighted by molar-refractivity contribution is 6.34. The second-order valence-corrected chi connectivity index (χ2v) is 5.86. The molecule has 0 spiro atoms. The Morgan fingerprint density at radius 1 is 1.35 bits per heavy atom. The topological polar surface area (TPSA) is 78.5 Å². The number of halogens is 1. The van der Waals surface area contributed by atoms with Crippen molar-refractivity contribution in [1.82, 2.24) is 4.90 Å². The number of hydrogen-bond acceptors (Lipinski definition) is 3. The Labute approximate surface area is 140 Å². The van der Waals surface area contributed by atoms with Gasteiger partial charge in [-0.25, -0.2) is 0 Å². The quantitative estimate of drug-likeness (QED) is 0.867. The van der Waals surface area contributed by atoms with Crippen molar-refractivity contribution in [3.8, 4) is 0 Å². The van der Waals surface area contributed by atoms with Gasteiger partial charge in [0, 0.05) is 25.1 Å². The normalized spacial score (nSPS) is 15.4. The molecule has 7 heteroatoms. The van der Waals surface area contributed by atoms with Crippen LogP contribution in [0.25, 0.3) is 0 Å². The molecule has 1 unspecified atom stereocenters. The molecule has 0 aromatic heterocycles. The number of hydrogen-bond donors (Lipinski definition) is 2. The van der Waals surface area contributed by atoms with E-state index < -0.39 is 6.04 Å². The molecular weight excluding hydrogens is 318 g/mol. The summed E-state index contributed by atoms with van der Waals surface area (Å²) in [5, 5.41) is 5.76. The van der Waals surface area contributed by atoms with Crippen LogP contribution in [-0.2, 0) is 14.4 Å². The van der Waals surface area contributed by atoms with Crippen LogP contribution in [0.1, 0.15) is 33.1 Å². The molecule has 1 aromatic carbocycles. The van der Waals surface area contributed by atoms with Crippen LogP contribution in [0.15, 0.2) is 18.2 Å². The number of carbonyl (C=O) groups is 3. The van der Waals surface area contributed by atoms with E-state index >= 15 is 0 Å². The number of nitrogens with one attached hydrogen (secondary N) is 2. The van der Waals surface area contributed by atoms with E-state index in [9.17, 15) is 14.4 Å². The molecule has 0 aliphatic carbocycles. The van der Waals surface area contributed by atoms with Gasteiger partial charge in [0.25, 0.3) is 0 Å². The average Bonchev–Trinajstić information content (AvgIpc) is 2.95. The molecule has 1 aromatic rings. The fourth-order valence-corrected chi connectivity index (χ4v) is 2.63. The highest BCUT2D eigenvalue weighted by Gasteiger charge is 2.29. The number of likely N-dealkylation sites (tertiary alicyclic amines) is 1. The molecule has 1 fully saturated rings. The Morgan fingerprint density at radius 3 is 2.65 bits per heavy atom. The minimum atomic E-state index is -0.525. The van der Waals surface area contributed by atoms with Gasteiger partial charge in [0.05, 0.1) is 10.7 Å². The SMILES string of the molecule is CCC(=O)Nc1ccc(NC(=O)C(C)N2CCCC2=O)cc1Cl. The maximum atomic E-state index is 12.2. The first-order valence-corrected chi connectivity index (χ1v) is 8.00. The lowest BCUT2D eigenvalue weighted by Gasteiger charge is -2.23. The molecule has 2 N–H and O–H groups in total.